The number of ether oxygens (including phenoxy) is 1. The van der Waals surface area contributed by atoms with Gasteiger partial charge < -0.3 is 24.0 Å². The van der Waals surface area contributed by atoms with E-state index in [4.69, 9.17) is 19.2 Å². The van der Waals surface area contributed by atoms with E-state index in [0.29, 0.717) is 0 Å². The van der Waals surface area contributed by atoms with Gasteiger partial charge in [0.1, 0.15) is 0 Å². The number of rotatable bonds is 0. The summed E-state index contributed by atoms with van der Waals surface area (Å²) in [6.07, 6.45) is 0. The second-order valence-corrected chi connectivity index (χ2v) is 1.95. The highest BCUT2D eigenvalue weighted by Crippen LogP contribution is 2.03. The molecular weight excluding hydrogens is 135 g/mol. The molecule has 0 N–H and O–H groups in total. The summed E-state index contributed by atoms with van der Waals surface area (Å²) in [7, 11) is -5.39. The summed E-state index contributed by atoms with van der Waals surface area (Å²) in [4.78, 5) is 25.6. The van der Waals surface area contributed by atoms with Gasteiger partial charge in [-0.05, 0) is 0 Å². The monoisotopic (exact) mass is 139 g/mol. The van der Waals surface area contributed by atoms with Crippen LogP contribution in [0.3, 0.4) is 0 Å². The van der Waals surface area contributed by atoms with Crippen molar-refractivity contribution in [1.29, 1.82) is 0 Å². The molecule has 5 nitrogen and oxygen atoms in total. The fraction of sp³-hybridized carbons (Fsp3) is 1.00. The molecule has 1 aliphatic heterocycles. The molecule has 1 rings (SSSR count). The number of phosphoric acid groups is 1. The Kier molecular flexibility index (Phi) is 3.19. The van der Waals surface area contributed by atoms with Gasteiger partial charge in [0.25, 0.3) is 0 Å². The fourth-order valence-electron chi connectivity index (χ4n) is 0. The predicted molar refractivity (Wildman–Crippen MR) is 18.4 cm³/mol. The van der Waals surface area contributed by atoms with E-state index in [2.05, 4.69) is 4.74 Å². The first-order valence-corrected chi connectivity index (χ1v) is 3.27. The lowest BCUT2D eigenvalue weighted by molar-refractivity contribution is -0.432. The van der Waals surface area contributed by atoms with Crippen LogP contribution in [0.2, 0.25) is 0 Å². The molecule has 0 spiro atoms. The van der Waals surface area contributed by atoms with E-state index in [0.717, 1.165) is 13.2 Å². The lowest BCUT2D eigenvalue weighted by atomic mass is 11.0. The molecule has 0 amide bonds. The first kappa shape index (κ1) is 8.07. The van der Waals surface area contributed by atoms with Crippen molar-refractivity contribution in [1.82, 2.24) is 0 Å². The summed E-state index contributed by atoms with van der Waals surface area (Å²) in [5.74, 6) is 0. The highest BCUT2D eigenvalue weighted by Gasteiger charge is 1.94. The number of hydrogen-bond donors (Lipinski definition) is 0. The van der Waals surface area contributed by atoms with Crippen molar-refractivity contribution in [2.45, 2.75) is 0 Å². The third-order valence-corrected chi connectivity index (χ3v) is 0.204. The summed E-state index contributed by atoms with van der Waals surface area (Å²) in [6, 6.07) is 0. The Labute approximate surface area is 46.2 Å². The van der Waals surface area contributed by atoms with Crippen LogP contribution in [0.25, 0.3) is 0 Å². The summed E-state index contributed by atoms with van der Waals surface area (Å²) in [5, 5.41) is 0. The normalized spacial score (nSPS) is 16.4. The molecule has 1 saturated heterocycles. The summed E-state index contributed by atoms with van der Waals surface area (Å²) >= 11 is 0. The Morgan fingerprint density at radius 3 is 1.38 bits per heavy atom. The van der Waals surface area contributed by atoms with E-state index in [1.54, 1.807) is 0 Å². The highest BCUT2D eigenvalue weighted by molar-refractivity contribution is 7.40. The first-order chi connectivity index (χ1) is 3.50. The van der Waals surface area contributed by atoms with Gasteiger partial charge in [-0.15, -0.1) is 0 Å². The second-order valence-electron chi connectivity index (χ2n) is 1.06. The Bertz CT molecular complexity index is 81.6. The predicted octanol–water partition coefficient (Wildman–Crippen LogP) is -2.81. The van der Waals surface area contributed by atoms with Crippen LogP contribution >= 0.6 is 7.82 Å². The summed E-state index contributed by atoms with van der Waals surface area (Å²) in [6.45, 7) is 2.00. The molecule has 1 aliphatic rings. The first-order valence-electron chi connectivity index (χ1n) is 1.81. The molecule has 0 saturated carbocycles. The highest BCUT2D eigenvalue weighted by atomic mass is 31.2. The van der Waals surface area contributed by atoms with Crippen LogP contribution in [-0.4, -0.2) is 13.2 Å². The van der Waals surface area contributed by atoms with Crippen molar-refractivity contribution < 1.29 is 24.0 Å². The quantitative estimate of drug-likeness (QED) is 0.266. The zero-order valence-electron chi connectivity index (χ0n) is 3.90. The van der Waals surface area contributed by atoms with Crippen molar-refractivity contribution in [3.8, 4) is 0 Å². The smallest absolute Gasteiger partial charge is 0.0701 e. The van der Waals surface area contributed by atoms with Gasteiger partial charge in [0.15, 0.2) is 0 Å². The van der Waals surface area contributed by atoms with Gasteiger partial charge in [-0.1, -0.05) is 0 Å². The number of epoxide rings is 1. The molecule has 8 heavy (non-hydrogen) atoms. The van der Waals surface area contributed by atoms with Gasteiger partial charge in [-0.2, -0.15) is 7.82 Å². The van der Waals surface area contributed by atoms with Crippen LogP contribution in [0.5, 0.6) is 0 Å². The maximum atomic E-state index is 8.55. The van der Waals surface area contributed by atoms with Gasteiger partial charge in [-0.3, -0.25) is 0 Å². The minimum atomic E-state index is -5.39. The molecule has 0 aromatic rings. The Morgan fingerprint density at radius 1 is 1.25 bits per heavy atom. The molecule has 0 radical (unpaired) electrons. The van der Waals surface area contributed by atoms with Crippen LogP contribution in [0.15, 0.2) is 0 Å². The molecule has 0 atom stereocenters. The fourth-order valence-corrected chi connectivity index (χ4v) is 0. The Hall–Kier alpha value is 0.0700. The van der Waals surface area contributed by atoms with E-state index in [-0.39, 0.29) is 0 Å². The SMILES string of the molecule is C1CO1.O=P([O-])([O-])[O-]. The summed E-state index contributed by atoms with van der Waals surface area (Å²) < 4.78 is 13.0. The van der Waals surface area contributed by atoms with E-state index in [1.807, 2.05) is 0 Å². The maximum absolute atomic E-state index is 8.55. The minimum Gasteiger partial charge on any atom is -0.822 e. The van der Waals surface area contributed by atoms with Crippen LogP contribution in [0.4, 0.5) is 0 Å². The molecule has 50 valence electrons. The molecule has 0 aromatic carbocycles. The van der Waals surface area contributed by atoms with Gasteiger partial charge in [0.05, 0.1) is 13.2 Å². The van der Waals surface area contributed by atoms with Crippen molar-refractivity contribution >= 4 is 7.82 Å². The van der Waals surface area contributed by atoms with Gasteiger partial charge in [0, 0.05) is 0 Å². The van der Waals surface area contributed by atoms with Crippen LogP contribution < -0.4 is 14.7 Å². The molecular formula is C2H4O5P-3. The zero-order chi connectivity index (χ0) is 6.62. The average Bonchev–Trinajstić information content (AvgIpc) is 1.95. The van der Waals surface area contributed by atoms with Crippen LogP contribution in [0, 0.1) is 0 Å². The third-order valence-electron chi connectivity index (χ3n) is 0.204. The molecule has 0 aromatic heterocycles. The minimum absolute atomic E-state index is 1.00. The van der Waals surface area contributed by atoms with Crippen molar-refractivity contribution in [3.63, 3.8) is 0 Å². The standard InChI is InChI=1S/C2H4O.H3O4P/c1-2-3-1;1-5(2,3)4/h1-2H2;(H3,1,2,3,4)/p-3. The largest absolute Gasteiger partial charge is 0.822 e. The molecule has 0 unspecified atom stereocenters. The average molecular weight is 139 g/mol. The van der Waals surface area contributed by atoms with E-state index in [9.17, 15) is 0 Å². The topological polar surface area (TPSA) is 98.8 Å². The van der Waals surface area contributed by atoms with Crippen molar-refractivity contribution in [2.75, 3.05) is 13.2 Å². The molecule has 0 bridgehead atoms. The lowest BCUT2D eigenvalue weighted by Crippen LogP contribution is -2.24. The van der Waals surface area contributed by atoms with Crippen molar-refractivity contribution in [3.05, 3.63) is 0 Å². The Balaban J connectivity index is 0.000000135. The maximum Gasteiger partial charge on any atom is 0.0701 e. The van der Waals surface area contributed by atoms with Crippen LogP contribution in [-0.2, 0) is 9.30 Å². The van der Waals surface area contributed by atoms with E-state index in [1.165, 1.54) is 0 Å². The molecule has 6 heteroatoms. The molecule has 1 fully saturated rings. The third kappa shape index (κ3) is 136. The molecule has 1 heterocycles. The lowest BCUT2D eigenvalue weighted by Gasteiger charge is -2.36. The van der Waals surface area contributed by atoms with Gasteiger partial charge in [0.2, 0.25) is 0 Å². The van der Waals surface area contributed by atoms with Gasteiger partial charge >= 0.3 is 0 Å². The van der Waals surface area contributed by atoms with Crippen molar-refractivity contribution in [2.24, 2.45) is 0 Å². The molecule has 0 aliphatic carbocycles. The number of hydrogen-bond acceptors (Lipinski definition) is 5. The second kappa shape index (κ2) is 3.17. The van der Waals surface area contributed by atoms with E-state index < -0.39 is 7.82 Å². The van der Waals surface area contributed by atoms with Gasteiger partial charge in [-0.25, -0.2) is 0 Å². The zero-order valence-corrected chi connectivity index (χ0v) is 4.80. The van der Waals surface area contributed by atoms with Crippen LogP contribution in [0.1, 0.15) is 0 Å². The van der Waals surface area contributed by atoms with E-state index >= 15 is 0 Å². The summed E-state index contributed by atoms with van der Waals surface area (Å²) in [5.41, 5.74) is 0. The Morgan fingerprint density at radius 2 is 1.38 bits per heavy atom.